The first-order chi connectivity index (χ1) is 11.1. The Morgan fingerprint density at radius 2 is 2.17 bits per heavy atom. The number of rotatable bonds is 5. The summed E-state index contributed by atoms with van der Waals surface area (Å²) in [5.74, 6) is -0.122. The van der Waals surface area contributed by atoms with Gasteiger partial charge in [-0.25, -0.2) is 9.48 Å². The number of aryl methyl sites for hydroxylation is 1. The van der Waals surface area contributed by atoms with Gasteiger partial charge in [0.05, 0.1) is 8.66 Å². The molecule has 3 rings (SSSR count). The summed E-state index contributed by atoms with van der Waals surface area (Å²) in [6, 6.07) is 7.18. The van der Waals surface area contributed by atoms with Gasteiger partial charge in [0.2, 0.25) is 0 Å². The average Bonchev–Trinajstić information content (AvgIpc) is 3.05. The molecule has 0 saturated heterocycles. The Morgan fingerprint density at radius 3 is 2.87 bits per heavy atom. The number of hydrogen-bond acceptors (Lipinski definition) is 4. The number of halogens is 2. The van der Waals surface area contributed by atoms with E-state index in [0.717, 1.165) is 8.26 Å². The van der Waals surface area contributed by atoms with E-state index in [4.69, 9.17) is 0 Å². The molecule has 0 aliphatic rings. The van der Waals surface area contributed by atoms with E-state index >= 15 is 0 Å². The van der Waals surface area contributed by atoms with Crippen molar-refractivity contribution in [2.24, 2.45) is 0 Å². The molecule has 0 radical (unpaired) electrons. The second-order valence-corrected chi connectivity index (χ2v) is 8.00. The van der Waals surface area contributed by atoms with Crippen molar-refractivity contribution in [2.45, 2.75) is 13.0 Å². The molecule has 0 fully saturated rings. The minimum absolute atomic E-state index is 0.122. The lowest BCUT2D eigenvalue weighted by Gasteiger charge is -2.03. The molecule has 0 saturated carbocycles. The van der Waals surface area contributed by atoms with Crippen molar-refractivity contribution in [1.29, 1.82) is 0 Å². The van der Waals surface area contributed by atoms with E-state index in [9.17, 15) is 9.59 Å². The Kier molecular flexibility index (Phi) is 4.98. The molecule has 0 spiro atoms. The van der Waals surface area contributed by atoms with E-state index in [2.05, 4.69) is 42.3 Å². The van der Waals surface area contributed by atoms with Crippen LogP contribution in [0.2, 0.25) is 0 Å². The highest BCUT2D eigenvalue weighted by Gasteiger charge is 2.11. The molecular formula is C14H12Br2N4O2S. The molecule has 23 heavy (non-hydrogen) atoms. The van der Waals surface area contributed by atoms with E-state index in [1.54, 1.807) is 24.4 Å². The Morgan fingerprint density at radius 1 is 1.35 bits per heavy atom. The van der Waals surface area contributed by atoms with Gasteiger partial charge >= 0.3 is 5.69 Å². The molecule has 1 amide bonds. The second-order valence-electron chi connectivity index (χ2n) is 4.78. The van der Waals surface area contributed by atoms with E-state index in [1.165, 1.54) is 20.4 Å². The van der Waals surface area contributed by atoms with Gasteiger partial charge in [0.15, 0.2) is 5.65 Å². The second kappa shape index (κ2) is 6.98. The van der Waals surface area contributed by atoms with E-state index < -0.39 is 0 Å². The van der Waals surface area contributed by atoms with Gasteiger partial charge in [-0.3, -0.25) is 9.20 Å². The monoisotopic (exact) mass is 458 g/mol. The minimum Gasteiger partial charge on any atom is -0.351 e. The summed E-state index contributed by atoms with van der Waals surface area (Å²) >= 11 is 8.09. The maximum absolute atomic E-state index is 12.1. The fourth-order valence-corrected chi connectivity index (χ4v) is 4.04. The number of aromatic nitrogens is 3. The third kappa shape index (κ3) is 3.56. The molecule has 3 aromatic heterocycles. The summed E-state index contributed by atoms with van der Waals surface area (Å²) < 4.78 is 4.67. The van der Waals surface area contributed by atoms with Crippen molar-refractivity contribution >= 4 is 54.8 Å². The number of carbonyl (C=O) groups is 1. The zero-order chi connectivity index (χ0) is 16.4. The van der Waals surface area contributed by atoms with Crippen molar-refractivity contribution in [3.63, 3.8) is 0 Å². The Labute approximate surface area is 152 Å². The van der Waals surface area contributed by atoms with Gasteiger partial charge < -0.3 is 5.32 Å². The fourth-order valence-electron chi connectivity index (χ4n) is 2.09. The lowest BCUT2D eigenvalue weighted by atomic mass is 10.4. The van der Waals surface area contributed by atoms with Gasteiger partial charge in [0, 0.05) is 23.8 Å². The van der Waals surface area contributed by atoms with Crippen LogP contribution in [0.4, 0.5) is 0 Å². The van der Waals surface area contributed by atoms with Crippen LogP contribution in [0.5, 0.6) is 0 Å². The standard InChI is InChI=1S/C14H12Br2N4O2S/c15-9-8-10(23-12(9)16)13(21)17-5-3-7-20-14(22)19-6-2-1-4-11(19)18-20/h1-2,4,6,8H,3,5,7H2,(H,17,21). The van der Waals surface area contributed by atoms with Crippen LogP contribution >= 0.6 is 43.2 Å². The quantitative estimate of drug-likeness (QED) is 0.596. The molecular weight excluding hydrogens is 448 g/mol. The van der Waals surface area contributed by atoms with Crippen LogP contribution < -0.4 is 11.0 Å². The molecule has 0 aliphatic heterocycles. The lowest BCUT2D eigenvalue weighted by molar-refractivity contribution is 0.0956. The number of carbonyl (C=O) groups excluding carboxylic acids is 1. The molecule has 0 unspecified atom stereocenters. The van der Waals surface area contributed by atoms with Gasteiger partial charge in [0.25, 0.3) is 5.91 Å². The summed E-state index contributed by atoms with van der Waals surface area (Å²) in [6.45, 7) is 0.935. The van der Waals surface area contributed by atoms with Gasteiger partial charge in [0.1, 0.15) is 0 Å². The normalized spacial score (nSPS) is 11.0. The van der Waals surface area contributed by atoms with Crippen LogP contribution in [0, 0.1) is 0 Å². The first kappa shape index (κ1) is 16.4. The van der Waals surface area contributed by atoms with Gasteiger partial charge in [-0.1, -0.05) is 6.07 Å². The van der Waals surface area contributed by atoms with Crippen LogP contribution in [0.3, 0.4) is 0 Å². The molecule has 0 aromatic carbocycles. The van der Waals surface area contributed by atoms with Crippen molar-refractivity contribution in [1.82, 2.24) is 19.5 Å². The smallest absolute Gasteiger partial charge is 0.350 e. The van der Waals surface area contributed by atoms with Crippen LogP contribution in [-0.2, 0) is 6.54 Å². The van der Waals surface area contributed by atoms with Crippen molar-refractivity contribution in [2.75, 3.05) is 6.54 Å². The maximum Gasteiger partial charge on any atom is 0.350 e. The minimum atomic E-state index is -0.168. The van der Waals surface area contributed by atoms with Crippen LogP contribution in [-0.4, -0.2) is 26.6 Å². The summed E-state index contributed by atoms with van der Waals surface area (Å²) in [7, 11) is 0. The van der Waals surface area contributed by atoms with Crippen molar-refractivity contribution < 1.29 is 4.79 Å². The number of thiophene rings is 1. The predicted molar refractivity (Wildman–Crippen MR) is 96.1 cm³/mol. The summed E-state index contributed by atoms with van der Waals surface area (Å²) in [6.07, 6.45) is 2.32. The number of nitrogens with one attached hydrogen (secondary N) is 1. The number of fused-ring (bicyclic) bond motifs is 1. The third-order valence-electron chi connectivity index (χ3n) is 3.19. The molecule has 0 aliphatic carbocycles. The molecule has 0 bridgehead atoms. The molecule has 0 atom stereocenters. The Bertz CT molecular complexity index is 896. The molecule has 6 nitrogen and oxygen atoms in total. The summed E-state index contributed by atoms with van der Waals surface area (Å²) in [4.78, 5) is 24.7. The van der Waals surface area contributed by atoms with Gasteiger partial charge in [-0.15, -0.1) is 16.4 Å². The fraction of sp³-hybridized carbons (Fsp3) is 0.214. The zero-order valence-electron chi connectivity index (χ0n) is 11.8. The largest absolute Gasteiger partial charge is 0.351 e. The van der Waals surface area contributed by atoms with Crippen LogP contribution in [0.15, 0.2) is 43.5 Å². The van der Waals surface area contributed by atoms with E-state index in [-0.39, 0.29) is 11.6 Å². The first-order valence-electron chi connectivity index (χ1n) is 6.83. The number of pyridine rings is 1. The van der Waals surface area contributed by atoms with E-state index in [1.807, 2.05) is 6.07 Å². The Hall–Kier alpha value is -1.45. The Balaban J connectivity index is 1.56. The van der Waals surface area contributed by atoms with Crippen LogP contribution in [0.1, 0.15) is 16.1 Å². The van der Waals surface area contributed by atoms with Crippen molar-refractivity contribution in [3.05, 3.63) is 54.1 Å². The predicted octanol–water partition coefficient (Wildman–Crippen LogP) is 2.90. The highest BCUT2D eigenvalue weighted by molar-refractivity contribution is 9.13. The number of amides is 1. The molecule has 9 heteroatoms. The topological polar surface area (TPSA) is 68.4 Å². The zero-order valence-corrected chi connectivity index (χ0v) is 15.8. The molecule has 1 N–H and O–H groups in total. The highest BCUT2D eigenvalue weighted by Crippen LogP contribution is 2.32. The molecule has 120 valence electrons. The van der Waals surface area contributed by atoms with Gasteiger partial charge in [-0.05, 0) is 56.5 Å². The third-order valence-corrected chi connectivity index (χ3v) is 6.44. The van der Waals surface area contributed by atoms with Crippen LogP contribution in [0.25, 0.3) is 5.65 Å². The lowest BCUT2D eigenvalue weighted by Crippen LogP contribution is -2.27. The first-order valence-corrected chi connectivity index (χ1v) is 9.24. The summed E-state index contributed by atoms with van der Waals surface area (Å²) in [5.41, 5.74) is 0.452. The van der Waals surface area contributed by atoms with Gasteiger partial charge in [-0.2, -0.15) is 0 Å². The number of hydrogen-bond donors (Lipinski definition) is 1. The molecule has 3 heterocycles. The SMILES string of the molecule is O=C(NCCCn1nc2ccccn2c1=O)c1cc(Br)c(Br)s1. The summed E-state index contributed by atoms with van der Waals surface area (Å²) in [5, 5.41) is 7.09. The van der Waals surface area contributed by atoms with Crippen molar-refractivity contribution in [3.8, 4) is 0 Å². The molecule has 3 aromatic rings. The highest BCUT2D eigenvalue weighted by atomic mass is 79.9. The average molecular weight is 460 g/mol. The maximum atomic E-state index is 12.1. The number of nitrogens with zero attached hydrogens (tertiary/aromatic N) is 3. The van der Waals surface area contributed by atoms with E-state index in [0.29, 0.717) is 30.0 Å².